The standard InChI is InChI=1S/C26H23F3N4O3/c1-4-19-15(26(34)31-18-9-10-36-20-8-6-5-7-14(18)20)12-30-25-21(13(2)32-33(19)25)22-16(27)11-17(28)24(35-3)23(22)29/h5-8,11-12,18H,4,9-10H2,1-3H3,(H,31,34)/t18-/m0/s1. The van der Waals surface area contributed by atoms with Gasteiger partial charge in [-0.25, -0.2) is 22.7 Å². The van der Waals surface area contributed by atoms with Crippen molar-refractivity contribution in [2.45, 2.75) is 32.7 Å². The molecular weight excluding hydrogens is 473 g/mol. The van der Waals surface area contributed by atoms with Crippen LogP contribution in [0, 0.1) is 24.4 Å². The van der Waals surface area contributed by atoms with Crippen molar-refractivity contribution in [2.75, 3.05) is 13.7 Å². The number of carbonyl (C=O) groups excluding carboxylic acids is 1. The van der Waals surface area contributed by atoms with E-state index < -0.39 is 28.8 Å². The fourth-order valence-corrected chi connectivity index (χ4v) is 4.68. The third-order valence-electron chi connectivity index (χ3n) is 6.34. The maximum Gasteiger partial charge on any atom is 0.255 e. The van der Waals surface area contributed by atoms with Crippen LogP contribution in [-0.2, 0) is 6.42 Å². The summed E-state index contributed by atoms with van der Waals surface area (Å²) in [6.07, 6.45) is 2.37. The number of nitrogens with one attached hydrogen (secondary N) is 1. The molecule has 0 saturated carbocycles. The van der Waals surface area contributed by atoms with Crippen LogP contribution < -0.4 is 14.8 Å². The number of para-hydroxylation sites is 1. The molecule has 0 aliphatic carbocycles. The first kappa shape index (κ1) is 23.7. The number of methoxy groups -OCH3 is 1. The highest BCUT2D eigenvalue weighted by Crippen LogP contribution is 2.38. The van der Waals surface area contributed by atoms with Gasteiger partial charge in [0.15, 0.2) is 23.0 Å². The van der Waals surface area contributed by atoms with E-state index in [9.17, 15) is 13.6 Å². The van der Waals surface area contributed by atoms with Crippen molar-refractivity contribution in [3.8, 4) is 22.6 Å². The monoisotopic (exact) mass is 496 g/mol. The van der Waals surface area contributed by atoms with Crippen LogP contribution in [0.3, 0.4) is 0 Å². The van der Waals surface area contributed by atoms with Crippen LogP contribution in [0.5, 0.6) is 11.5 Å². The van der Waals surface area contributed by atoms with Crippen LogP contribution in [0.1, 0.15) is 46.7 Å². The molecule has 2 aromatic carbocycles. The van der Waals surface area contributed by atoms with Gasteiger partial charge < -0.3 is 14.8 Å². The maximum atomic E-state index is 15.1. The molecule has 0 spiro atoms. The zero-order chi connectivity index (χ0) is 25.6. The molecule has 0 saturated heterocycles. The highest BCUT2D eigenvalue weighted by atomic mass is 19.1. The fourth-order valence-electron chi connectivity index (χ4n) is 4.68. The van der Waals surface area contributed by atoms with Crippen molar-refractivity contribution < 1.29 is 27.4 Å². The van der Waals surface area contributed by atoms with Gasteiger partial charge in [0.2, 0.25) is 0 Å². The predicted molar refractivity (Wildman–Crippen MR) is 126 cm³/mol. The minimum atomic E-state index is -1.19. The van der Waals surface area contributed by atoms with Crippen molar-refractivity contribution in [1.29, 1.82) is 0 Å². The van der Waals surface area contributed by atoms with Gasteiger partial charge in [0.1, 0.15) is 11.6 Å². The third-order valence-corrected chi connectivity index (χ3v) is 6.34. The lowest BCUT2D eigenvalue weighted by atomic mass is 10.00. The summed E-state index contributed by atoms with van der Waals surface area (Å²) in [5, 5.41) is 7.48. The number of amides is 1. The largest absolute Gasteiger partial charge is 0.493 e. The molecule has 3 heterocycles. The Morgan fingerprint density at radius 2 is 2.00 bits per heavy atom. The number of carbonyl (C=O) groups is 1. The van der Waals surface area contributed by atoms with Gasteiger partial charge in [-0.2, -0.15) is 5.10 Å². The number of hydrogen-bond acceptors (Lipinski definition) is 5. The predicted octanol–water partition coefficient (Wildman–Crippen LogP) is 4.95. The molecule has 36 heavy (non-hydrogen) atoms. The molecule has 186 valence electrons. The van der Waals surface area contributed by atoms with E-state index >= 15 is 4.39 Å². The van der Waals surface area contributed by atoms with Crippen molar-refractivity contribution in [3.63, 3.8) is 0 Å². The Hall–Kier alpha value is -4.08. The van der Waals surface area contributed by atoms with Crippen molar-refractivity contribution in [3.05, 3.63) is 76.5 Å². The Labute approximate surface area is 204 Å². The molecule has 10 heteroatoms. The molecule has 4 aromatic rings. The summed E-state index contributed by atoms with van der Waals surface area (Å²) in [6.45, 7) is 3.88. The van der Waals surface area contributed by atoms with Crippen LogP contribution >= 0.6 is 0 Å². The molecule has 1 amide bonds. The summed E-state index contributed by atoms with van der Waals surface area (Å²) in [6, 6.07) is 7.84. The van der Waals surface area contributed by atoms with Crippen LogP contribution in [0.15, 0.2) is 36.5 Å². The van der Waals surface area contributed by atoms with E-state index in [0.717, 1.165) is 18.4 Å². The van der Waals surface area contributed by atoms with Crippen LogP contribution in [0.2, 0.25) is 0 Å². The molecule has 0 radical (unpaired) electrons. The number of fused-ring (bicyclic) bond motifs is 2. The van der Waals surface area contributed by atoms with E-state index in [2.05, 4.69) is 15.4 Å². The fraction of sp³-hybridized carbons (Fsp3) is 0.269. The SMILES string of the molecule is CCc1c(C(=O)N[C@H]2CCOc3ccccc32)cnc2c(-c3c(F)cc(F)c(OC)c3F)c(C)nn12. The van der Waals surface area contributed by atoms with Crippen molar-refractivity contribution in [2.24, 2.45) is 0 Å². The Morgan fingerprint density at radius 3 is 2.75 bits per heavy atom. The van der Waals surface area contributed by atoms with Crippen LogP contribution in [-0.4, -0.2) is 34.2 Å². The van der Waals surface area contributed by atoms with Crippen molar-refractivity contribution in [1.82, 2.24) is 19.9 Å². The normalized spacial score (nSPS) is 14.9. The number of halogens is 3. The van der Waals surface area contributed by atoms with E-state index in [1.807, 2.05) is 31.2 Å². The smallest absolute Gasteiger partial charge is 0.255 e. The Morgan fingerprint density at radius 1 is 1.22 bits per heavy atom. The Balaban J connectivity index is 1.59. The summed E-state index contributed by atoms with van der Waals surface area (Å²) < 4.78 is 55.8. The highest BCUT2D eigenvalue weighted by molar-refractivity contribution is 5.96. The number of hydrogen-bond donors (Lipinski definition) is 1. The number of ether oxygens (including phenoxy) is 2. The summed E-state index contributed by atoms with van der Waals surface area (Å²) in [7, 11) is 1.10. The quantitative estimate of drug-likeness (QED) is 0.423. The molecule has 2 aromatic heterocycles. The summed E-state index contributed by atoms with van der Waals surface area (Å²) in [5.41, 5.74) is 1.67. The van der Waals surface area contributed by atoms with Gasteiger partial charge in [-0.15, -0.1) is 0 Å². The van der Waals surface area contributed by atoms with Gasteiger partial charge in [0, 0.05) is 24.2 Å². The molecule has 0 unspecified atom stereocenters. The van der Waals surface area contributed by atoms with Crippen LogP contribution in [0.4, 0.5) is 13.2 Å². The second-order valence-electron chi connectivity index (χ2n) is 8.43. The summed E-state index contributed by atoms with van der Waals surface area (Å²) >= 11 is 0. The second kappa shape index (κ2) is 9.18. The first-order valence-corrected chi connectivity index (χ1v) is 11.5. The molecule has 1 aliphatic rings. The summed E-state index contributed by atoms with van der Waals surface area (Å²) in [4.78, 5) is 17.7. The number of aryl methyl sites for hydroxylation is 2. The molecule has 1 N–H and O–H groups in total. The van der Waals surface area contributed by atoms with E-state index in [-0.39, 0.29) is 28.9 Å². The van der Waals surface area contributed by atoms with E-state index in [0.29, 0.717) is 36.8 Å². The first-order valence-electron chi connectivity index (χ1n) is 11.5. The van der Waals surface area contributed by atoms with Gasteiger partial charge in [0.25, 0.3) is 5.91 Å². The molecule has 1 atom stereocenters. The van der Waals surface area contributed by atoms with E-state index in [1.165, 1.54) is 10.7 Å². The minimum absolute atomic E-state index is 0.0586. The molecule has 5 rings (SSSR count). The molecule has 0 bridgehead atoms. The van der Waals surface area contributed by atoms with Crippen LogP contribution in [0.25, 0.3) is 16.8 Å². The van der Waals surface area contributed by atoms with Gasteiger partial charge in [0.05, 0.1) is 47.8 Å². The van der Waals surface area contributed by atoms with Gasteiger partial charge in [-0.1, -0.05) is 25.1 Å². The zero-order valence-electron chi connectivity index (χ0n) is 19.9. The maximum absolute atomic E-state index is 15.1. The minimum Gasteiger partial charge on any atom is -0.493 e. The Bertz CT molecular complexity index is 1500. The van der Waals surface area contributed by atoms with Gasteiger partial charge in [-0.3, -0.25) is 4.79 Å². The van der Waals surface area contributed by atoms with Gasteiger partial charge in [-0.05, 0) is 19.4 Å². The molecule has 7 nitrogen and oxygen atoms in total. The number of aromatic nitrogens is 3. The zero-order valence-corrected chi connectivity index (χ0v) is 19.9. The average Bonchev–Trinajstić information content (AvgIpc) is 3.19. The average molecular weight is 496 g/mol. The third kappa shape index (κ3) is 3.73. The first-order chi connectivity index (χ1) is 17.3. The highest BCUT2D eigenvalue weighted by Gasteiger charge is 2.29. The van der Waals surface area contributed by atoms with E-state index in [1.54, 1.807) is 6.92 Å². The summed E-state index contributed by atoms with van der Waals surface area (Å²) in [5.74, 6) is -3.77. The second-order valence-corrected chi connectivity index (χ2v) is 8.43. The lowest BCUT2D eigenvalue weighted by molar-refractivity contribution is 0.0922. The number of rotatable bonds is 5. The number of nitrogens with zero attached hydrogens (tertiary/aromatic N) is 3. The molecule has 1 aliphatic heterocycles. The topological polar surface area (TPSA) is 77.8 Å². The van der Waals surface area contributed by atoms with Gasteiger partial charge >= 0.3 is 0 Å². The van der Waals surface area contributed by atoms with E-state index in [4.69, 9.17) is 9.47 Å². The lowest BCUT2D eigenvalue weighted by Gasteiger charge is -2.26. The Kier molecular flexibility index (Phi) is 6.03. The molecular formula is C26H23F3N4O3. The van der Waals surface area contributed by atoms with Crippen molar-refractivity contribution >= 4 is 11.6 Å². The molecule has 0 fully saturated rings. The number of benzene rings is 2. The lowest BCUT2D eigenvalue weighted by Crippen LogP contribution is -2.33.